The zero-order chi connectivity index (χ0) is 16.4. The van der Waals surface area contributed by atoms with Gasteiger partial charge >= 0.3 is 0 Å². The summed E-state index contributed by atoms with van der Waals surface area (Å²) in [6.07, 6.45) is 0.569. The Balaban J connectivity index is 1.88. The number of rotatable bonds is 3. The Labute approximate surface area is 137 Å². The number of carbonyl (C=O) groups is 1. The standard InChI is InChI=1S/C16H13ClN2O4/c17-10-5-6-15-12(9-10)13(7-8-23-15)18-16(20)11-3-1-2-4-14(11)19(21)22/h1-6,9,13H,7-8H2,(H,18,20). The lowest BCUT2D eigenvalue weighted by Gasteiger charge is -2.26. The van der Waals surface area contributed by atoms with E-state index in [1.807, 2.05) is 0 Å². The van der Waals surface area contributed by atoms with Gasteiger partial charge in [-0.2, -0.15) is 0 Å². The normalized spacial score (nSPS) is 16.1. The van der Waals surface area contributed by atoms with Gasteiger partial charge in [0.05, 0.1) is 17.6 Å². The molecule has 0 radical (unpaired) electrons. The van der Waals surface area contributed by atoms with Crippen molar-refractivity contribution in [2.45, 2.75) is 12.5 Å². The molecule has 7 heteroatoms. The SMILES string of the molecule is O=C(NC1CCOc2ccc(Cl)cc21)c1ccccc1[N+](=O)[O-]. The molecule has 1 heterocycles. The second-order valence-corrected chi connectivity index (χ2v) is 5.56. The molecule has 2 aromatic carbocycles. The number of nitrogens with one attached hydrogen (secondary N) is 1. The zero-order valence-electron chi connectivity index (χ0n) is 12.0. The average molecular weight is 333 g/mol. The van der Waals surface area contributed by atoms with Crippen molar-refractivity contribution in [3.8, 4) is 5.75 Å². The number of nitrogens with zero attached hydrogens (tertiary/aromatic N) is 1. The predicted molar refractivity (Wildman–Crippen MR) is 84.9 cm³/mol. The number of ether oxygens (including phenoxy) is 1. The van der Waals surface area contributed by atoms with Gasteiger partial charge in [0.15, 0.2) is 0 Å². The Hall–Kier alpha value is -2.60. The summed E-state index contributed by atoms with van der Waals surface area (Å²) in [5, 5.41) is 14.4. The third kappa shape index (κ3) is 3.12. The van der Waals surface area contributed by atoms with Crippen molar-refractivity contribution in [3.63, 3.8) is 0 Å². The molecule has 0 saturated heterocycles. The van der Waals surface area contributed by atoms with Crippen LogP contribution in [0.1, 0.15) is 28.4 Å². The molecule has 1 N–H and O–H groups in total. The molecular weight excluding hydrogens is 320 g/mol. The molecule has 6 nitrogen and oxygen atoms in total. The third-order valence-corrected chi connectivity index (χ3v) is 3.90. The average Bonchev–Trinajstić information content (AvgIpc) is 2.55. The zero-order valence-corrected chi connectivity index (χ0v) is 12.7. The van der Waals surface area contributed by atoms with Gasteiger partial charge in [-0.3, -0.25) is 14.9 Å². The van der Waals surface area contributed by atoms with Crippen LogP contribution in [0.4, 0.5) is 5.69 Å². The van der Waals surface area contributed by atoms with Crippen molar-refractivity contribution in [1.82, 2.24) is 5.32 Å². The number of para-hydroxylation sites is 1. The van der Waals surface area contributed by atoms with Crippen molar-refractivity contribution < 1.29 is 14.5 Å². The molecule has 0 saturated carbocycles. The van der Waals surface area contributed by atoms with Crippen LogP contribution in [0.3, 0.4) is 0 Å². The van der Waals surface area contributed by atoms with E-state index in [1.54, 1.807) is 24.3 Å². The lowest BCUT2D eigenvalue weighted by molar-refractivity contribution is -0.385. The number of amides is 1. The molecule has 0 aliphatic carbocycles. The molecule has 0 fully saturated rings. The van der Waals surface area contributed by atoms with Gasteiger partial charge in [-0.1, -0.05) is 23.7 Å². The maximum atomic E-state index is 12.4. The Bertz CT molecular complexity index is 778. The number of hydrogen-bond donors (Lipinski definition) is 1. The van der Waals surface area contributed by atoms with Gasteiger partial charge in [0.1, 0.15) is 11.3 Å². The highest BCUT2D eigenvalue weighted by molar-refractivity contribution is 6.30. The summed E-state index contributed by atoms with van der Waals surface area (Å²) in [5.41, 5.74) is 0.589. The predicted octanol–water partition coefficient (Wildman–Crippen LogP) is 3.50. The van der Waals surface area contributed by atoms with E-state index in [0.29, 0.717) is 23.8 Å². The van der Waals surface area contributed by atoms with Gasteiger partial charge in [-0.25, -0.2) is 0 Å². The first-order chi connectivity index (χ1) is 11.1. The minimum absolute atomic E-state index is 0.0348. The lowest BCUT2D eigenvalue weighted by Crippen LogP contribution is -2.32. The minimum atomic E-state index is -0.566. The molecular formula is C16H13ClN2O4. The maximum absolute atomic E-state index is 12.4. The number of carbonyl (C=O) groups excluding carboxylic acids is 1. The number of hydrogen-bond acceptors (Lipinski definition) is 4. The molecule has 1 aliphatic rings. The summed E-state index contributed by atoms with van der Waals surface area (Å²) in [6, 6.07) is 10.8. The van der Waals surface area contributed by atoms with E-state index >= 15 is 0 Å². The molecule has 0 bridgehead atoms. The summed E-state index contributed by atoms with van der Waals surface area (Å²) in [6.45, 7) is 0.455. The lowest BCUT2D eigenvalue weighted by atomic mass is 10.00. The third-order valence-electron chi connectivity index (χ3n) is 3.66. The summed E-state index contributed by atoms with van der Waals surface area (Å²) in [4.78, 5) is 22.9. The first-order valence-corrected chi connectivity index (χ1v) is 7.40. The highest BCUT2D eigenvalue weighted by atomic mass is 35.5. The fourth-order valence-corrected chi connectivity index (χ4v) is 2.76. The van der Waals surface area contributed by atoms with Crippen molar-refractivity contribution in [1.29, 1.82) is 0 Å². The van der Waals surface area contributed by atoms with Gasteiger partial charge in [0.25, 0.3) is 11.6 Å². The minimum Gasteiger partial charge on any atom is -0.493 e. The fourth-order valence-electron chi connectivity index (χ4n) is 2.58. The molecule has 0 spiro atoms. The first kappa shape index (κ1) is 15.3. The van der Waals surface area contributed by atoms with E-state index in [9.17, 15) is 14.9 Å². The molecule has 1 aliphatic heterocycles. The van der Waals surface area contributed by atoms with E-state index < -0.39 is 10.8 Å². The van der Waals surface area contributed by atoms with Crippen LogP contribution in [-0.2, 0) is 0 Å². The number of fused-ring (bicyclic) bond motifs is 1. The van der Waals surface area contributed by atoms with E-state index in [-0.39, 0.29) is 17.3 Å². The summed E-state index contributed by atoms with van der Waals surface area (Å²) >= 11 is 6.00. The number of benzene rings is 2. The van der Waals surface area contributed by atoms with Gasteiger partial charge in [-0.05, 0) is 24.3 Å². The summed E-state index contributed by atoms with van der Waals surface area (Å²) < 4.78 is 5.54. The van der Waals surface area contributed by atoms with Gasteiger partial charge in [0, 0.05) is 23.1 Å². The second kappa shape index (κ2) is 6.26. The smallest absolute Gasteiger partial charge is 0.282 e. The monoisotopic (exact) mass is 332 g/mol. The Morgan fingerprint density at radius 2 is 2.09 bits per heavy atom. The summed E-state index contributed by atoms with van der Waals surface area (Å²) in [7, 11) is 0. The summed E-state index contributed by atoms with van der Waals surface area (Å²) in [5.74, 6) is 0.170. The van der Waals surface area contributed by atoms with Gasteiger partial charge in [-0.15, -0.1) is 0 Å². The Morgan fingerprint density at radius 3 is 2.87 bits per heavy atom. The molecule has 118 valence electrons. The molecule has 1 amide bonds. The number of halogens is 1. The van der Waals surface area contributed by atoms with E-state index in [1.165, 1.54) is 18.2 Å². The molecule has 2 aromatic rings. The van der Waals surface area contributed by atoms with E-state index in [0.717, 1.165) is 5.56 Å². The van der Waals surface area contributed by atoms with Crippen LogP contribution in [0.5, 0.6) is 5.75 Å². The first-order valence-electron chi connectivity index (χ1n) is 7.03. The Kier molecular flexibility index (Phi) is 4.16. The van der Waals surface area contributed by atoms with Crippen LogP contribution in [-0.4, -0.2) is 17.4 Å². The van der Waals surface area contributed by atoms with E-state index in [2.05, 4.69) is 5.32 Å². The topological polar surface area (TPSA) is 81.5 Å². The fraction of sp³-hybridized carbons (Fsp3) is 0.188. The van der Waals surface area contributed by atoms with Crippen LogP contribution in [0.25, 0.3) is 0 Å². The van der Waals surface area contributed by atoms with Gasteiger partial charge in [0.2, 0.25) is 0 Å². The van der Waals surface area contributed by atoms with Crippen LogP contribution >= 0.6 is 11.6 Å². The van der Waals surface area contributed by atoms with Crippen LogP contribution < -0.4 is 10.1 Å². The highest BCUT2D eigenvalue weighted by Gasteiger charge is 2.26. The second-order valence-electron chi connectivity index (χ2n) is 5.12. The molecule has 1 atom stereocenters. The number of nitro groups is 1. The molecule has 0 aromatic heterocycles. The van der Waals surface area contributed by atoms with Crippen molar-refractivity contribution >= 4 is 23.2 Å². The maximum Gasteiger partial charge on any atom is 0.282 e. The Morgan fingerprint density at radius 1 is 1.30 bits per heavy atom. The quantitative estimate of drug-likeness (QED) is 0.689. The van der Waals surface area contributed by atoms with Crippen LogP contribution in [0.2, 0.25) is 5.02 Å². The largest absolute Gasteiger partial charge is 0.493 e. The molecule has 23 heavy (non-hydrogen) atoms. The van der Waals surface area contributed by atoms with Crippen molar-refractivity contribution in [2.24, 2.45) is 0 Å². The van der Waals surface area contributed by atoms with Crippen molar-refractivity contribution in [2.75, 3.05) is 6.61 Å². The highest BCUT2D eigenvalue weighted by Crippen LogP contribution is 2.34. The molecule has 1 unspecified atom stereocenters. The molecule has 3 rings (SSSR count). The van der Waals surface area contributed by atoms with Crippen LogP contribution in [0.15, 0.2) is 42.5 Å². The van der Waals surface area contributed by atoms with Gasteiger partial charge < -0.3 is 10.1 Å². The van der Waals surface area contributed by atoms with E-state index in [4.69, 9.17) is 16.3 Å². The number of nitro benzene ring substituents is 1. The van der Waals surface area contributed by atoms with Crippen molar-refractivity contribution in [3.05, 3.63) is 68.7 Å². The van der Waals surface area contributed by atoms with Crippen LogP contribution in [0, 0.1) is 10.1 Å².